The first-order valence-corrected chi connectivity index (χ1v) is 12.2. The van der Waals surface area contributed by atoms with E-state index in [1.165, 1.54) is 7.11 Å². The van der Waals surface area contributed by atoms with Gasteiger partial charge in [-0.1, -0.05) is 51.1 Å². The maximum Gasteiger partial charge on any atom is 0.343 e. The van der Waals surface area contributed by atoms with Gasteiger partial charge in [0.25, 0.3) is 0 Å². The fraction of sp³-hybridized carbons (Fsp3) is 0.650. The van der Waals surface area contributed by atoms with Crippen molar-refractivity contribution in [3.63, 3.8) is 0 Å². The second-order valence-corrected chi connectivity index (χ2v) is 13.3. The van der Waals surface area contributed by atoms with E-state index in [2.05, 4.69) is 46.0 Å². The molecule has 1 fully saturated rings. The highest BCUT2D eigenvalue weighted by Gasteiger charge is 2.55. The number of rotatable bonds is 6. The molecule has 26 heavy (non-hydrogen) atoms. The normalized spacial score (nSPS) is 23.0. The van der Waals surface area contributed by atoms with Crippen molar-refractivity contribution in [2.75, 3.05) is 13.7 Å². The molecule has 0 N–H and O–H groups in total. The van der Waals surface area contributed by atoms with Crippen molar-refractivity contribution in [3.8, 4) is 0 Å². The summed E-state index contributed by atoms with van der Waals surface area (Å²) >= 11 is 0. The number of hydrogen-bond donors (Lipinski definition) is 0. The van der Waals surface area contributed by atoms with E-state index in [-0.39, 0.29) is 17.1 Å². The Morgan fingerprint density at radius 2 is 1.92 bits per heavy atom. The summed E-state index contributed by atoms with van der Waals surface area (Å²) in [5, 5.41) is 1.90. The van der Waals surface area contributed by atoms with Gasteiger partial charge in [-0.05, 0) is 30.6 Å². The van der Waals surface area contributed by atoms with Crippen LogP contribution < -0.4 is 0 Å². The first-order chi connectivity index (χ1) is 12.0. The molecule has 0 aromatic heterocycles. The van der Waals surface area contributed by atoms with E-state index >= 15 is 0 Å². The van der Waals surface area contributed by atoms with Crippen molar-refractivity contribution in [1.82, 2.24) is 5.06 Å². The predicted octanol–water partition coefficient (Wildman–Crippen LogP) is 4.15. The number of methoxy groups -OCH3 is 1. The van der Waals surface area contributed by atoms with Gasteiger partial charge in [0.15, 0.2) is 8.32 Å². The predicted molar refractivity (Wildman–Crippen MR) is 105 cm³/mol. The molecule has 1 aromatic carbocycles. The summed E-state index contributed by atoms with van der Waals surface area (Å²) < 4.78 is 11.6. The standard InChI is InChI=1S/C20H33NO4Si/c1-16(24-26(6,7)19(2,3)4)20(18(22)23-5)13-14-21(25-20)15-17-11-9-8-10-12-17/h8-12,16H,13-15H2,1-7H3/t16-,20-/m1/s1. The van der Waals surface area contributed by atoms with E-state index in [0.717, 1.165) is 5.56 Å². The Morgan fingerprint density at radius 3 is 2.46 bits per heavy atom. The monoisotopic (exact) mass is 379 g/mol. The molecule has 1 aromatic rings. The smallest absolute Gasteiger partial charge is 0.343 e. The van der Waals surface area contributed by atoms with E-state index in [4.69, 9.17) is 14.0 Å². The molecular formula is C20H33NO4Si. The Bertz CT molecular complexity index is 614. The zero-order valence-electron chi connectivity index (χ0n) is 17.2. The van der Waals surface area contributed by atoms with Crippen molar-refractivity contribution < 1.29 is 18.8 Å². The zero-order valence-corrected chi connectivity index (χ0v) is 18.2. The molecule has 0 spiro atoms. The topological polar surface area (TPSA) is 48.0 Å². The van der Waals surface area contributed by atoms with Gasteiger partial charge in [-0.2, -0.15) is 5.06 Å². The highest BCUT2D eigenvalue weighted by atomic mass is 28.4. The van der Waals surface area contributed by atoms with E-state index in [1.807, 2.05) is 30.2 Å². The molecule has 1 heterocycles. The molecule has 1 aliphatic heterocycles. The summed E-state index contributed by atoms with van der Waals surface area (Å²) in [4.78, 5) is 18.9. The molecule has 0 aliphatic carbocycles. The van der Waals surface area contributed by atoms with Gasteiger partial charge in [0.2, 0.25) is 5.60 Å². The largest absolute Gasteiger partial charge is 0.467 e. The Kier molecular flexibility index (Phi) is 6.33. The summed E-state index contributed by atoms with van der Waals surface area (Å²) in [5.74, 6) is -0.362. The third kappa shape index (κ3) is 4.36. The second-order valence-electron chi connectivity index (χ2n) is 8.59. The fourth-order valence-corrected chi connectivity index (χ4v) is 4.41. The van der Waals surface area contributed by atoms with Crippen molar-refractivity contribution in [2.45, 2.75) is 70.5 Å². The van der Waals surface area contributed by atoms with Crippen LogP contribution in [0, 0.1) is 0 Å². The minimum absolute atomic E-state index is 0.0564. The number of carbonyl (C=O) groups is 1. The van der Waals surface area contributed by atoms with E-state index in [1.54, 1.807) is 0 Å². The molecule has 1 saturated heterocycles. The minimum Gasteiger partial charge on any atom is -0.467 e. The van der Waals surface area contributed by atoms with Crippen LogP contribution in [0.2, 0.25) is 18.1 Å². The lowest BCUT2D eigenvalue weighted by atomic mass is 9.95. The Labute approximate surface area is 158 Å². The minimum atomic E-state index is -2.04. The number of ether oxygens (including phenoxy) is 1. The summed E-state index contributed by atoms with van der Waals surface area (Å²) in [6.07, 6.45) is 0.180. The summed E-state index contributed by atoms with van der Waals surface area (Å²) in [5.41, 5.74) is 0.0603. The van der Waals surface area contributed by atoms with E-state index < -0.39 is 13.9 Å². The second kappa shape index (κ2) is 7.80. The van der Waals surface area contributed by atoms with Gasteiger partial charge in [0.1, 0.15) is 0 Å². The van der Waals surface area contributed by atoms with Crippen LogP contribution in [0.5, 0.6) is 0 Å². The average Bonchev–Trinajstić information content (AvgIpc) is 2.99. The molecule has 0 saturated carbocycles. The number of carbonyl (C=O) groups excluding carboxylic acids is 1. The van der Waals surface area contributed by atoms with Gasteiger partial charge in [-0.15, -0.1) is 0 Å². The van der Waals surface area contributed by atoms with Gasteiger partial charge >= 0.3 is 5.97 Å². The Balaban J connectivity index is 2.18. The number of nitrogens with zero attached hydrogens (tertiary/aromatic N) is 1. The van der Waals surface area contributed by atoms with Crippen molar-refractivity contribution in [2.24, 2.45) is 0 Å². The molecule has 0 amide bonds. The lowest BCUT2D eigenvalue weighted by Crippen LogP contribution is -2.55. The third-order valence-electron chi connectivity index (χ3n) is 5.69. The van der Waals surface area contributed by atoms with Crippen LogP contribution in [0.15, 0.2) is 30.3 Å². The maximum atomic E-state index is 12.7. The molecular weight excluding hydrogens is 346 g/mol. The van der Waals surface area contributed by atoms with Crippen LogP contribution >= 0.6 is 0 Å². The van der Waals surface area contributed by atoms with Gasteiger partial charge < -0.3 is 9.16 Å². The summed E-state index contributed by atoms with van der Waals surface area (Å²) in [7, 11) is -0.635. The highest BCUT2D eigenvalue weighted by molar-refractivity contribution is 6.74. The Morgan fingerprint density at radius 1 is 1.31 bits per heavy atom. The highest BCUT2D eigenvalue weighted by Crippen LogP contribution is 2.41. The van der Waals surface area contributed by atoms with Crippen LogP contribution in [0.1, 0.15) is 39.7 Å². The van der Waals surface area contributed by atoms with E-state index in [9.17, 15) is 4.79 Å². The lowest BCUT2D eigenvalue weighted by Gasteiger charge is -2.42. The van der Waals surface area contributed by atoms with Gasteiger partial charge in [0.05, 0.1) is 13.2 Å². The number of hydrogen-bond acceptors (Lipinski definition) is 5. The molecule has 0 bridgehead atoms. The average molecular weight is 380 g/mol. The van der Waals surface area contributed by atoms with Crippen molar-refractivity contribution in [1.29, 1.82) is 0 Å². The lowest BCUT2D eigenvalue weighted by molar-refractivity contribution is -0.235. The van der Waals surface area contributed by atoms with Gasteiger partial charge in [0, 0.05) is 19.5 Å². The van der Waals surface area contributed by atoms with Crippen LogP contribution in [-0.2, 0) is 25.3 Å². The number of esters is 1. The third-order valence-corrected chi connectivity index (χ3v) is 10.2. The number of benzene rings is 1. The first-order valence-electron chi connectivity index (χ1n) is 9.26. The van der Waals surface area contributed by atoms with Crippen molar-refractivity contribution >= 4 is 14.3 Å². The molecule has 2 atom stereocenters. The fourth-order valence-electron chi connectivity index (χ4n) is 2.98. The number of hydroxylamine groups is 2. The van der Waals surface area contributed by atoms with E-state index in [0.29, 0.717) is 19.5 Å². The first kappa shape index (κ1) is 21.1. The molecule has 5 nitrogen and oxygen atoms in total. The van der Waals surface area contributed by atoms with Crippen LogP contribution in [0.4, 0.5) is 0 Å². The quantitative estimate of drug-likeness (QED) is 0.549. The van der Waals surface area contributed by atoms with Crippen LogP contribution in [-0.4, -0.2) is 44.7 Å². The molecule has 1 aliphatic rings. The molecule has 0 unspecified atom stereocenters. The summed E-state index contributed by atoms with van der Waals surface area (Å²) in [6.45, 7) is 14.2. The SMILES string of the molecule is COC(=O)[C@]1([C@@H](C)O[Si](C)(C)C(C)(C)C)CCN(Cc2ccccc2)O1. The van der Waals surface area contributed by atoms with Crippen molar-refractivity contribution in [3.05, 3.63) is 35.9 Å². The van der Waals surface area contributed by atoms with Gasteiger partial charge in [-0.25, -0.2) is 4.79 Å². The summed E-state index contributed by atoms with van der Waals surface area (Å²) in [6, 6.07) is 10.1. The molecule has 146 valence electrons. The molecule has 0 radical (unpaired) electrons. The Hall–Kier alpha value is -1.21. The molecule has 2 rings (SSSR count). The van der Waals surface area contributed by atoms with Crippen LogP contribution in [0.3, 0.4) is 0 Å². The maximum absolute atomic E-state index is 12.7. The van der Waals surface area contributed by atoms with Gasteiger partial charge in [-0.3, -0.25) is 4.84 Å². The molecule has 6 heteroatoms. The zero-order chi connectivity index (χ0) is 19.6. The van der Waals surface area contributed by atoms with Crippen LogP contribution in [0.25, 0.3) is 0 Å².